The Balaban J connectivity index is 2.95. The zero-order valence-corrected chi connectivity index (χ0v) is 8.28. The molecule has 0 heterocycles. The van der Waals surface area contributed by atoms with E-state index in [9.17, 15) is 0 Å². The van der Waals surface area contributed by atoms with E-state index < -0.39 is 0 Å². The lowest BCUT2D eigenvalue weighted by Crippen LogP contribution is -2.07. The molecule has 0 aromatic heterocycles. The van der Waals surface area contributed by atoms with Gasteiger partial charge < -0.3 is 0 Å². The van der Waals surface area contributed by atoms with Crippen LogP contribution in [0, 0.1) is 5.41 Å². The van der Waals surface area contributed by atoms with Crippen LogP contribution < -0.4 is 0 Å². The molecule has 0 unspecified atom stereocenters. The average Bonchev–Trinajstić information content (AvgIpc) is 2.08. The highest BCUT2D eigenvalue weighted by molar-refractivity contribution is 5.40. The number of hydrogen-bond acceptors (Lipinski definition) is 0. The van der Waals surface area contributed by atoms with E-state index in [-0.39, 0.29) is 0 Å². The third-order valence-electron chi connectivity index (χ3n) is 2.20. The predicted octanol–water partition coefficient (Wildman–Crippen LogP) is 3.70. The van der Waals surface area contributed by atoms with Gasteiger partial charge in [-0.05, 0) is 31.3 Å². The summed E-state index contributed by atoms with van der Waals surface area (Å²) in [6.07, 6.45) is 3.53. The molecule has 1 rings (SSSR count). The van der Waals surface area contributed by atoms with E-state index in [2.05, 4.69) is 40.7 Å². The van der Waals surface area contributed by atoms with Crippen molar-refractivity contribution in [1.29, 1.82) is 0 Å². The Morgan fingerprint density at radius 3 is 1.91 bits per heavy atom. The van der Waals surface area contributed by atoms with Gasteiger partial charge in [-0.15, -0.1) is 0 Å². The summed E-state index contributed by atoms with van der Waals surface area (Å²) in [6.45, 7) is 11.3. The Bertz CT molecular complexity index is 221. The van der Waals surface area contributed by atoms with Crippen molar-refractivity contribution in [3.05, 3.63) is 22.8 Å². The van der Waals surface area contributed by atoms with Gasteiger partial charge in [0.2, 0.25) is 0 Å². The number of hydrogen-bond donors (Lipinski definition) is 0. The van der Waals surface area contributed by atoms with Crippen LogP contribution in [0.2, 0.25) is 0 Å². The standard InChI is InChI=1S/C11H18/c1-8-6-9(2)10(7-8)11(3,4)5/h7H,6H2,1-5H3. The van der Waals surface area contributed by atoms with Crippen molar-refractivity contribution in [2.75, 3.05) is 0 Å². The van der Waals surface area contributed by atoms with E-state index in [1.807, 2.05) is 0 Å². The SMILES string of the molecule is CC1=CC(C(C)(C)C)=C(C)C1. The highest BCUT2D eigenvalue weighted by Gasteiger charge is 2.21. The summed E-state index contributed by atoms with van der Waals surface area (Å²) >= 11 is 0. The number of rotatable bonds is 0. The molecule has 62 valence electrons. The fourth-order valence-corrected chi connectivity index (χ4v) is 1.79. The molecule has 0 aliphatic heterocycles. The molecule has 1 aliphatic rings. The Morgan fingerprint density at radius 2 is 1.73 bits per heavy atom. The molecule has 0 amide bonds. The molecule has 0 spiro atoms. The number of allylic oxidation sites excluding steroid dienone is 4. The molecule has 0 N–H and O–H groups in total. The lowest BCUT2D eigenvalue weighted by Gasteiger charge is -2.20. The van der Waals surface area contributed by atoms with Gasteiger partial charge in [0, 0.05) is 0 Å². The minimum absolute atomic E-state index is 0.335. The molecule has 11 heavy (non-hydrogen) atoms. The van der Waals surface area contributed by atoms with Crippen molar-refractivity contribution in [2.45, 2.75) is 41.0 Å². The fourth-order valence-electron chi connectivity index (χ4n) is 1.79. The zero-order chi connectivity index (χ0) is 8.65. The summed E-state index contributed by atoms with van der Waals surface area (Å²) in [5, 5.41) is 0. The van der Waals surface area contributed by atoms with Crippen LogP contribution in [0.3, 0.4) is 0 Å². The molecular formula is C11H18. The topological polar surface area (TPSA) is 0 Å². The summed E-state index contributed by atoms with van der Waals surface area (Å²) in [5.41, 5.74) is 4.93. The summed E-state index contributed by atoms with van der Waals surface area (Å²) < 4.78 is 0. The van der Waals surface area contributed by atoms with Gasteiger partial charge >= 0.3 is 0 Å². The van der Waals surface area contributed by atoms with Crippen molar-refractivity contribution >= 4 is 0 Å². The van der Waals surface area contributed by atoms with Crippen molar-refractivity contribution in [1.82, 2.24) is 0 Å². The van der Waals surface area contributed by atoms with Crippen LogP contribution in [0.25, 0.3) is 0 Å². The van der Waals surface area contributed by atoms with Crippen molar-refractivity contribution < 1.29 is 0 Å². The van der Waals surface area contributed by atoms with Crippen LogP contribution in [-0.4, -0.2) is 0 Å². The van der Waals surface area contributed by atoms with E-state index in [0.29, 0.717) is 5.41 Å². The average molecular weight is 150 g/mol. The van der Waals surface area contributed by atoms with Gasteiger partial charge in [0.15, 0.2) is 0 Å². The highest BCUT2D eigenvalue weighted by Crippen LogP contribution is 2.36. The van der Waals surface area contributed by atoms with E-state index >= 15 is 0 Å². The fraction of sp³-hybridized carbons (Fsp3) is 0.636. The van der Waals surface area contributed by atoms with E-state index in [0.717, 1.165) is 0 Å². The summed E-state index contributed by atoms with van der Waals surface area (Å²) in [7, 11) is 0. The molecule has 0 aromatic carbocycles. The normalized spacial score (nSPS) is 19.2. The minimum atomic E-state index is 0.335. The van der Waals surface area contributed by atoms with E-state index in [4.69, 9.17) is 0 Å². The Hall–Kier alpha value is -0.520. The lowest BCUT2D eigenvalue weighted by molar-refractivity contribution is 0.513. The summed E-state index contributed by atoms with van der Waals surface area (Å²) in [5.74, 6) is 0. The second-order valence-corrected chi connectivity index (χ2v) is 4.61. The largest absolute Gasteiger partial charge is 0.0690 e. The molecule has 0 saturated heterocycles. The summed E-state index contributed by atoms with van der Waals surface area (Å²) in [6, 6.07) is 0. The van der Waals surface area contributed by atoms with Gasteiger partial charge in [0.1, 0.15) is 0 Å². The van der Waals surface area contributed by atoms with Gasteiger partial charge in [-0.3, -0.25) is 0 Å². The maximum atomic E-state index is 2.34. The highest BCUT2D eigenvalue weighted by atomic mass is 14.3. The molecule has 1 aliphatic carbocycles. The van der Waals surface area contributed by atoms with Gasteiger partial charge in [0.25, 0.3) is 0 Å². The third-order valence-corrected chi connectivity index (χ3v) is 2.20. The monoisotopic (exact) mass is 150 g/mol. The first-order valence-electron chi connectivity index (χ1n) is 4.28. The van der Waals surface area contributed by atoms with Crippen LogP contribution in [0.5, 0.6) is 0 Å². The Morgan fingerprint density at radius 1 is 1.18 bits per heavy atom. The van der Waals surface area contributed by atoms with Gasteiger partial charge in [-0.1, -0.05) is 38.0 Å². The first-order valence-corrected chi connectivity index (χ1v) is 4.28. The van der Waals surface area contributed by atoms with Crippen molar-refractivity contribution in [2.24, 2.45) is 5.41 Å². The molecule has 0 heteroatoms. The molecule has 0 saturated carbocycles. The van der Waals surface area contributed by atoms with E-state index in [1.54, 1.807) is 5.57 Å². The maximum absolute atomic E-state index is 2.34. The van der Waals surface area contributed by atoms with Gasteiger partial charge in [-0.2, -0.15) is 0 Å². The molecule has 0 atom stereocenters. The molecule has 0 bridgehead atoms. The summed E-state index contributed by atoms with van der Waals surface area (Å²) in [4.78, 5) is 0. The first kappa shape index (κ1) is 8.58. The molecule has 0 nitrogen and oxygen atoms in total. The molecule has 0 radical (unpaired) electrons. The van der Waals surface area contributed by atoms with Crippen LogP contribution >= 0.6 is 0 Å². The van der Waals surface area contributed by atoms with Gasteiger partial charge in [0.05, 0.1) is 0 Å². The van der Waals surface area contributed by atoms with Crippen LogP contribution in [0.15, 0.2) is 22.8 Å². The third kappa shape index (κ3) is 1.74. The Kier molecular flexibility index (Phi) is 1.96. The lowest BCUT2D eigenvalue weighted by atomic mass is 9.85. The first-order chi connectivity index (χ1) is 4.91. The Labute approximate surface area is 70.0 Å². The van der Waals surface area contributed by atoms with Crippen LogP contribution in [-0.2, 0) is 0 Å². The zero-order valence-electron chi connectivity index (χ0n) is 8.28. The van der Waals surface area contributed by atoms with Gasteiger partial charge in [-0.25, -0.2) is 0 Å². The minimum Gasteiger partial charge on any atom is -0.0690 e. The molecule has 0 aromatic rings. The molecule has 0 fully saturated rings. The quantitative estimate of drug-likeness (QED) is 0.494. The maximum Gasteiger partial charge on any atom is -0.0105 e. The van der Waals surface area contributed by atoms with Crippen molar-refractivity contribution in [3.63, 3.8) is 0 Å². The second-order valence-electron chi connectivity index (χ2n) is 4.61. The molecular weight excluding hydrogens is 132 g/mol. The smallest absolute Gasteiger partial charge is 0.0105 e. The van der Waals surface area contributed by atoms with Crippen molar-refractivity contribution in [3.8, 4) is 0 Å². The second kappa shape index (κ2) is 2.51. The predicted molar refractivity (Wildman–Crippen MR) is 50.5 cm³/mol. The van der Waals surface area contributed by atoms with Crippen LogP contribution in [0.1, 0.15) is 41.0 Å². The van der Waals surface area contributed by atoms with E-state index in [1.165, 1.54) is 17.6 Å². The van der Waals surface area contributed by atoms with Crippen LogP contribution in [0.4, 0.5) is 0 Å².